The van der Waals surface area contributed by atoms with Crippen LogP contribution < -0.4 is 0 Å². The lowest BCUT2D eigenvalue weighted by Gasteiger charge is -2.13. The Kier molecular flexibility index (Phi) is 10.9. The monoisotopic (exact) mass is 723 g/mol. The van der Waals surface area contributed by atoms with Gasteiger partial charge in [0.1, 0.15) is 0 Å². The van der Waals surface area contributed by atoms with Gasteiger partial charge in [0.25, 0.3) is 0 Å². The van der Waals surface area contributed by atoms with Crippen molar-refractivity contribution in [3.63, 3.8) is 0 Å². The fourth-order valence-corrected chi connectivity index (χ4v) is 7.85. The lowest BCUT2D eigenvalue weighted by molar-refractivity contribution is 0.947. The van der Waals surface area contributed by atoms with Crippen LogP contribution in [0.4, 0.5) is 0 Å². The van der Waals surface area contributed by atoms with Crippen LogP contribution in [-0.4, -0.2) is 4.98 Å². The zero-order chi connectivity index (χ0) is 38.4. The van der Waals surface area contributed by atoms with Gasteiger partial charge in [-0.2, -0.15) is 0 Å². The van der Waals surface area contributed by atoms with E-state index in [1.54, 1.807) is 0 Å². The van der Waals surface area contributed by atoms with Crippen molar-refractivity contribution >= 4 is 0 Å². The SMILES string of the molecule is Cc1ccc(C)c(CCc2cccc(-c3cccc(-c4cc(-c5ccccc5)cc(-c5cccc(-c6cccc(CCc7cc(C)ccc7C)c6)c5)n4)c3)c2)c1. The van der Waals surface area contributed by atoms with Crippen LogP contribution in [0.5, 0.6) is 0 Å². The molecule has 0 aliphatic heterocycles. The molecule has 0 aliphatic rings. The number of rotatable bonds is 11. The fourth-order valence-electron chi connectivity index (χ4n) is 7.85. The zero-order valence-electron chi connectivity index (χ0n) is 33.0. The third kappa shape index (κ3) is 8.64. The maximum Gasteiger partial charge on any atom is 0.0715 e. The summed E-state index contributed by atoms with van der Waals surface area (Å²) in [6.45, 7) is 8.79. The first-order chi connectivity index (χ1) is 27.3. The van der Waals surface area contributed by atoms with Crippen LogP contribution in [0, 0.1) is 27.7 Å². The fraction of sp³-hybridized carbons (Fsp3) is 0.145. The molecule has 0 saturated heterocycles. The van der Waals surface area contributed by atoms with Crippen LogP contribution in [0.2, 0.25) is 0 Å². The number of hydrogen-bond acceptors (Lipinski definition) is 1. The van der Waals surface area contributed by atoms with Gasteiger partial charge in [-0.05, 0) is 144 Å². The Morgan fingerprint density at radius 1 is 0.304 bits per heavy atom. The molecule has 0 radical (unpaired) electrons. The standard InChI is InChI=1S/C55H49N/c1-38-22-24-40(3)45(30-38)28-26-42-12-8-16-47(32-42)49-18-10-20-51(34-49)54-36-53(44-14-6-5-7-15-44)37-55(56-54)52-21-11-19-50(35-52)48-17-9-13-43(33-48)27-29-46-31-39(2)23-25-41(46)4/h5-25,30-37H,26-29H2,1-4H3. The molecular formula is C55H49N. The molecular weight excluding hydrogens is 675 g/mol. The summed E-state index contributed by atoms with van der Waals surface area (Å²) in [4.78, 5) is 5.36. The number of nitrogens with zero attached hydrogens (tertiary/aromatic N) is 1. The summed E-state index contributed by atoms with van der Waals surface area (Å²) in [5, 5.41) is 0. The van der Waals surface area contributed by atoms with E-state index in [0.29, 0.717) is 0 Å². The zero-order valence-corrected chi connectivity index (χ0v) is 33.0. The van der Waals surface area contributed by atoms with Gasteiger partial charge >= 0.3 is 0 Å². The maximum atomic E-state index is 5.36. The van der Waals surface area contributed by atoms with E-state index in [4.69, 9.17) is 4.98 Å². The molecule has 1 nitrogen and oxygen atoms in total. The molecule has 0 N–H and O–H groups in total. The van der Waals surface area contributed by atoms with E-state index >= 15 is 0 Å². The van der Waals surface area contributed by atoms with Crippen molar-refractivity contribution in [3.05, 3.63) is 220 Å². The molecule has 0 saturated carbocycles. The minimum atomic E-state index is 0.966. The summed E-state index contributed by atoms with van der Waals surface area (Å²) in [5.41, 5.74) is 22.3. The average molecular weight is 724 g/mol. The Hall–Kier alpha value is -6.31. The average Bonchev–Trinajstić information content (AvgIpc) is 3.25. The maximum absolute atomic E-state index is 5.36. The van der Waals surface area contributed by atoms with Crippen molar-refractivity contribution in [1.29, 1.82) is 0 Å². The molecule has 1 heterocycles. The minimum Gasteiger partial charge on any atom is -0.248 e. The third-order valence-electron chi connectivity index (χ3n) is 11.1. The number of benzene rings is 7. The van der Waals surface area contributed by atoms with Crippen LogP contribution in [0.1, 0.15) is 44.5 Å². The summed E-state index contributed by atoms with van der Waals surface area (Å²) >= 11 is 0. The Bertz CT molecular complexity index is 2470. The number of aromatic nitrogens is 1. The van der Waals surface area contributed by atoms with E-state index < -0.39 is 0 Å². The summed E-state index contributed by atoms with van der Waals surface area (Å²) in [7, 11) is 0. The lowest BCUT2D eigenvalue weighted by Crippen LogP contribution is -1.95. The lowest BCUT2D eigenvalue weighted by atomic mass is 9.94. The molecule has 56 heavy (non-hydrogen) atoms. The second-order valence-electron chi connectivity index (χ2n) is 15.4. The molecule has 7 aromatic carbocycles. The quantitative estimate of drug-likeness (QED) is 0.129. The molecule has 274 valence electrons. The predicted octanol–water partition coefficient (Wildman–Crippen LogP) is 14.2. The van der Waals surface area contributed by atoms with Crippen molar-refractivity contribution in [3.8, 4) is 55.9 Å². The molecule has 0 unspecified atom stereocenters. The molecule has 8 aromatic rings. The van der Waals surface area contributed by atoms with Gasteiger partial charge in [0.15, 0.2) is 0 Å². The molecule has 0 bridgehead atoms. The second kappa shape index (κ2) is 16.6. The summed E-state index contributed by atoms with van der Waals surface area (Å²) in [5.74, 6) is 0. The largest absolute Gasteiger partial charge is 0.248 e. The van der Waals surface area contributed by atoms with E-state index in [2.05, 4.69) is 204 Å². The highest BCUT2D eigenvalue weighted by Gasteiger charge is 2.12. The first kappa shape index (κ1) is 36.7. The van der Waals surface area contributed by atoms with Gasteiger partial charge in [-0.1, -0.05) is 163 Å². The van der Waals surface area contributed by atoms with E-state index in [1.165, 1.54) is 72.3 Å². The molecule has 1 heteroatoms. The molecule has 0 spiro atoms. The predicted molar refractivity (Wildman–Crippen MR) is 238 cm³/mol. The van der Waals surface area contributed by atoms with Gasteiger partial charge < -0.3 is 0 Å². The smallest absolute Gasteiger partial charge is 0.0715 e. The van der Waals surface area contributed by atoms with Crippen molar-refractivity contribution in [2.45, 2.75) is 53.4 Å². The highest BCUT2D eigenvalue weighted by Crippen LogP contribution is 2.34. The molecule has 0 atom stereocenters. The molecule has 0 fully saturated rings. The van der Waals surface area contributed by atoms with Crippen LogP contribution in [-0.2, 0) is 25.7 Å². The van der Waals surface area contributed by atoms with Gasteiger partial charge in [-0.15, -0.1) is 0 Å². The van der Waals surface area contributed by atoms with Crippen molar-refractivity contribution in [2.75, 3.05) is 0 Å². The Balaban J connectivity index is 1.10. The van der Waals surface area contributed by atoms with Crippen LogP contribution >= 0.6 is 0 Å². The molecule has 1 aromatic heterocycles. The van der Waals surface area contributed by atoms with Crippen LogP contribution in [0.25, 0.3) is 55.9 Å². The minimum absolute atomic E-state index is 0.966. The van der Waals surface area contributed by atoms with Gasteiger partial charge in [0.2, 0.25) is 0 Å². The molecule has 0 amide bonds. The van der Waals surface area contributed by atoms with Gasteiger partial charge in [-0.25, -0.2) is 4.98 Å². The highest BCUT2D eigenvalue weighted by atomic mass is 14.7. The first-order valence-electron chi connectivity index (χ1n) is 19.9. The Labute approximate surface area is 333 Å². The van der Waals surface area contributed by atoms with Gasteiger partial charge in [-0.3, -0.25) is 0 Å². The second-order valence-corrected chi connectivity index (χ2v) is 15.4. The van der Waals surface area contributed by atoms with Crippen molar-refractivity contribution in [1.82, 2.24) is 4.98 Å². The van der Waals surface area contributed by atoms with E-state index in [1.807, 2.05) is 0 Å². The molecule has 8 rings (SSSR count). The van der Waals surface area contributed by atoms with Gasteiger partial charge in [0.05, 0.1) is 11.4 Å². The number of pyridine rings is 1. The number of hydrogen-bond donors (Lipinski definition) is 0. The summed E-state index contributed by atoms with van der Waals surface area (Å²) in [6.07, 6.45) is 4.10. The topological polar surface area (TPSA) is 12.9 Å². The highest BCUT2D eigenvalue weighted by molar-refractivity contribution is 5.80. The van der Waals surface area contributed by atoms with Crippen molar-refractivity contribution < 1.29 is 0 Å². The van der Waals surface area contributed by atoms with E-state index in [-0.39, 0.29) is 0 Å². The number of aryl methyl sites for hydroxylation is 8. The summed E-state index contributed by atoms with van der Waals surface area (Å²) in [6, 6.07) is 64.5. The third-order valence-corrected chi connectivity index (χ3v) is 11.1. The van der Waals surface area contributed by atoms with E-state index in [0.717, 1.165) is 53.8 Å². The van der Waals surface area contributed by atoms with Gasteiger partial charge in [0, 0.05) is 11.1 Å². The van der Waals surface area contributed by atoms with Crippen LogP contribution in [0.15, 0.2) is 176 Å². The Morgan fingerprint density at radius 2 is 0.714 bits per heavy atom. The first-order valence-corrected chi connectivity index (χ1v) is 19.9. The van der Waals surface area contributed by atoms with Crippen LogP contribution in [0.3, 0.4) is 0 Å². The van der Waals surface area contributed by atoms with Crippen molar-refractivity contribution in [2.24, 2.45) is 0 Å². The normalized spacial score (nSPS) is 11.1. The summed E-state index contributed by atoms with van der Waals surface area (Å²) < 4.78 is 0. The Morgan fingerprint density at radius 3 is 1.20 bits per heavy atom. The molecule has 0 aliphatic carbocycles. The van der Waals surface area contributed by atoms with E-state index in [9.17, 15) is 0 Å².